The Labute approximate surface area is 121 Å². The highest BCUT2D eigenvalue weighted by molar-refractivity contribution is 6.56. The summed E-state index contributed by atoms with van der Waals surface area (Å²) in [4.78, 5) is 21.8. The van der Waals surface area contributed by atoms with Crippen molar-refractivity contribution in [3.8, 4) is 0 Å². The molecular formula is C10H8Cl2N4O4. The molecule has 2 aromatic rings. The lowest BCUT2D eigenvalue weighted by Gasteiger charge is -2.15. The maximum absolute atomic E-state index is 11.5. The van der Waals surface area contributed by atoms with Crippen LogP contribution in [0.5, 0.6) is 0 Å². The third-order valence-corrected chi connectivity index (χ3v) is 3.33. The zero-order chi connectivity index (χ0) is 14.4. The predicted molar refractivity (Wildman–Crippen MR) is 69.0 cm³/mol. The second-order valence-corrected chi connectivity index (χ2v) is 5.07. The number of hydrogen-bond donors (Lipinski definition) is 3. The van der Waals surface area contributed by atoms with Gasteiger partial charge >= 0.3 is 0 Å². The van der Waals surface area contributed by atoms with Crippen molar-refractivity contribution >= 4 is 34.4 Å². The molecule has 8 nitrogen and oxygen atoms in total. The van der Waals surface area contributed by atoms with Crippen LogP contribution in [0.2, 0.25) is 0 Å². The lowest BCUT2D eigenvalue weighted by molar-refractivity contribution is -0.0118. The molecule has 1 aliphatic rings. The second-order valence-electron chi connectivity index (χ2n) is 4.12. The zero-order valence-electron chi connectivity index (χ0n) is 9.70. The Morgan fingerprint density at radius 1 is 1.40 bits per heavy atom. The van der Waals surface area contributed by atoms with Gasteiger partial charge in [0.2, 0.25) is 6.23 Å². The largest absolute Gasteiger partial charge is 0.466 e. The van der Waals surface area contributed by atoms with E-state index in [-0.39, 0.29) is 21.4 Å². The van der Waals surface area contributed by atoms with Crippen LogP contribution in [0, 0.1) is 0 Å². The van der Waals surface area contributed by atoms with Gasteiger partial charge in [-0.05, 0) is 0 Å². The van der Waals surface area contributed by atoms with Crippen LogP contribution in [-0.2, 0) is 4.74 Å². The van der Waals surface area contributed by atoms with Crippen molar-refractivity contribution in [2.45, 2.75) is 18.4 Å². The molecule has 3 rings (SSSR count). The number of ether oxygens (including phenoxy) is 1. The minimum absolute atomic E-state index is 0.0900. The molecule has 0 amide bonds. The Morgan fingerprint density at radius 3 is 2.80 bits per heavy atom. The fourth-order valence-electron chi connectivity index (χ4n) is 2.01. The van der Waals surface area contributed by atoms with Crippen LogP contribution in [0.4, 0.5) is 0 Å². The summed E-state index contributed by atoms with van der Waals surface area (Å²) < 4.78 is 6.36. The number of halogens is 2. The van der Waals surface area contributed by atoms with Gasteiger partial charge in [0, 0.05) is 0 Å². The monoisotopic (exact) mass is 318 g/mol. The van der Waals surface area contributed by atoms with Crippen molar-refractivity contribution in [1.29, 1.82) is 0 Å². The Kier molecular flexibility index (Phi) is 3.17. The Morgan fingerprint density at radius 2 is 2.15 bits per heavy atom. The summed E-state index contributed by atoms with van der Waals surface area (Å²) in [5, 5.41) is 19.8. The molecule has 2 aromatic heterocycles. The van der Waals surface area contributed by atoms with Crippen LogP contribution >= 0.6 is 23.2 Å². The molecule has 1 saturated heterocycles. The van der Waals surface area contributed by atoms with Gasteiger partial charge in [-0.15, -0.1) is 0 Å². The van der Waals surface area contributed by atoms with Gasteiger partial charge in [-0.25, -0.2) is 9.97 Å². The molecule has 0 saturated carbocycles. The molecule has 0 aromatic carbocycles. The fourth-order valence-corrected chi connectivity index (χ4v) is 2.32. The summed E-state index contributed by atoms with van der Waals surface area (Å²) in [5.74, 6) is -0.141. The van der Waals surface area contributed by atoms with E-state index in [1.807, 2.05) is 0 Å². The average molecular weight is 319 g/mol. The lowest BCUT2D eigenvalue weighted by Crippen LogP contribution is -2.27. The first kappa shape index (κ1) is 13.4. The summed E-state index contributed by atoms with van der Waals surface area (Å²) in [5.41, 5.74) is -0.128. The number of H-pyrrole nitrogens is 1. The Balaban J connectivity index is 2.11. The minimum atomic E-state index is -1.37. The van der Waals surface area contributed by atoms with E-state index in [1.165, 1.54) is 17.2 Å². The van der Waals surface area contributed by atoms with E-state index in [2.05, 4.69) is 15.0 Å². The van der Waals surface area contributed by atoms with E-state index < -0.39 is 24.0 Å². The first-order valence-corrected chi connectivity index (χ1v) is 6.24. The minimum Gasteiger partial charge on any atom is -0.466 e. The number of rotatable bonds is 1. The predicted octanol–water partition coefficient (Wildman–Crippen LogP) is 0.0169. The molecule has 0 spiro atoms. The number of aromatic amines is 1. The topological polar surface area (TPSA) is 113 Å². The van der Waals surface area contributed by atoms with Crippen LogP contribution in [0.15, 0.2) is 27.7 Å². The van der Waals surface area contributed by atoms with Crippen molar-refractivity contribution < 1.29 is 14.9 Å². The third kappa shape index (κ3) is 1.88. The van der Waals surface area contributed by atoms with Crippen molar-refractivity contribution in [2.24, 2.45) is 0 Å². The number of imidazole rings is 1. The number of aliphatic hydroxyl groups is 2. The van der Waals surface area contributed by atoms with Gasteiger partial charge in [-0.2, -0.15) is 0 Å². The van der Waals surface area contributed by atoms with E-state index in [9.17, 15) is 15.0 Å². The van der Waals surface area contributed by atoms with Gasteiger partial charge in [0.05, 0.1) is 6.33 Å². The Bertz CT molecular complexity index is 751. The summed E-state index contributed by atoms with van der Waals surface area (Å²) in [6.07, 6.45) is -1.25. The summed E-state index contributed by atoms with van der Waals surface area (Å²) in [6.45, 7) is 0. The van der Waals surface area contributed by atoms with E-state index in [1.54, 1.807) is 0 Å². The van der Waals surface area contributed by atoms with Crippen molar-refractivity contribution in [1.82, 2.24) is 19.5 Å². The Hall–Kier alpha value is -1.61. The van der Waals surface area contributed by atoms with Crippen LogP contribution in [0.3, 0.4) is 0 Å². The van der Waals surface area contributed by atoms with Gasteiger partial charge in [-0.1, -0.05) is 23.2 Å². The zero-order valence-corrected chi connectivity index (χ0v) is 11.2. The SMILES string of the molecule is O=c1[nH]cnc2c1ncn2[C@@H]1OC(=C(Cl)Cl)C(O)C1O. The molecule has 1 fully saturated rings. The first-order chi connectivity index (χ1) is 9.50. The maximum Gasteiger partial charge on any atom is 0.278 e. The summed E-state index contributed by atoms with van der Waals surface area (Å²) in [6, 6.07) is 0. The first-order valence-electron chi connectivity index (χ1n) is 5.49. The molecule has 0 bridgehead atoms. The molecular weight excluding hydrogens is 311 g/mol. The molecule has 20 heavy (non-hydrogen) atoms. The number of nitrogens with one attached hydrogen (secondary N) is 1. The van der Waals surface area contributed by atoms with Crippen LogP contribution in [-0.4, -0.2) is 41.9 Å². The number of nitrogens with zero attached hydrogens (tertiary/aromatic N) is 3. The average Bonchev–Trinajstić information content (AvgIpc) is 2.94. The van der Waals surface area contributed by atoms with Crippen molar-refractivity contribution in [3.63, 3.8) is 0 Å². The second kappa shape index (κ2) is 4.74. The molecule has 106 valence electrons. The van der Waals surface area contributed by atoms with Gasteiger partial charge in [0.1, 0.15) is 23.0 Å². The van der Waals surface area contributed by atoms with Gasteiger partial charge in [-0.3, -0.25) is 9.36 Å². The number of hydrogen-bond acceptors (Lipinski definition) is 6. The van der Waals surface area contributed by atoms with Crippen LogP contribution in [0.1, 0.15) is 6.23 Å². The molecule has 1 aliphatic heterocycles. The highest BCUT2D eigenvalue weighted by Crippen LogP contribution is 2.36. The van der Waals surface area contributed by atoms with Crippen LogP contribution in [0.25, 0.3) is 11.2 Å². The van der Waals surface area contributed by atoms with Crippen molar-refractivity contribution in [3.05, 3.63) is 33.3 Å². The molecule has 0 aliphatic carbocycles. The van der Waals surface area contributed by atoms with E-state index in [0.29, 0.717) is 0 Å². The van der Waals surface area contributed by atoms with Crippen LogP contribution < -0.4 is 5.56 Å². The summed E-state index contributed by atoms with van der Waals surface area (Å²) >= 11 is 11.1. The van der Waals surface area contributed by atoms with Gasteiger partial charge in [0.25, 0.3) is 5.56 Å². The molecule has 3 N–H and O–H groups in total. The maximum atomic E-state index is 11.5. The van der Waals surface area contributed by atoms with E-state index >= 15 is 0 Å². The molecule has 0 radical (unpaired) electrons. The number of aliphatic hydroxyl groups excluding tert-OH is 2. The van der Waals surface area contributed by atoms with E-state index in [4.69, 9.17) is 27.9 Å². The number of aromatic nitrogens is 4. The molecule has 10 heteroatoms. The highest BCUT2D eigenvalue weighted by Gasteiger charge is 2.43. The molecule has 3 atom stereocenters. The third-order valence-electron chi connectivity index (χ3n) is 2.96. The smallest absolute Gasteiger partial charge is 0.278 e. The van der Waals surface area contributed by atoms with Gasteiger partial charge in [0.15, 0.2) is 16.9 Å². The fraction of sp³-hybridized carbons (Fsp3) is 0.300. The van der Waals surface area contributed by atoms with Crippen molar-refractivity contribution in [2.75, 3.05) is 0 Å². The molecule has 2 unspecified atom stereocenters. The molecule has 3 heterocycles. The van der Waals surface area contributed by atoms with E-state index in [0.717, 1.165) is 0 Å². The highest BCUT2D eigenvalue weighted by atomic mass is 35.5. The van der Waals surface area contributed by atoms with Gasteiger partial charge < -0.3 is 19.9 Å². The number of fused-ring (bicyclic) bond motifs is 1. The lowest BCUT2D eigenvalue weighted by atomic mass is 10.2. The quantitative estimate of drug-likeness (QED) is 0.683. The normalized spacial score (nSPS) is 26.0. The standard InChI is InChI=1S/C10H8Cl2N4O4/c11-7(12)6-4(17)5(18)10(20-6)16-2-15-3-8(16)13-1-14-9(3)19/h1-2,4-5,10,17-18H,(H,13,14,19)/t4?,5?,10-/m1/s1. The summed E-state index contributed by atoms with van der Waals surface area (Å²) in [7, 11) is 0.